The molecule has 1 aliphatic rings. The summed E-state index contributed by atoms with van der Waals surface area (Å²) >= 11 is 0. The highest BCUT2D eigenvalue weighted by Gasteiger charge is 2.17. The molecule has 0 saturated heterocycles. The average molecular weight is 406 g/mol. The fourth-order valence-corrected chi connectivity index (χ4v) is 3.23. The number of benzene rings is 2. The number of fused-ring (bicyclic) bond motifs is 2. The maximum absolute atomic E-state index is 12.4. The Labute approximate surface area is 170 Å². The molecular formula is C21H18N4O5. The lowest BCUT2D eigenvalue weighted by Gasteiger charge is -2.17. The molecule has 4 rings (SSSR count). The summed E-state index contributed by atoms with van der Waals surface area (Å²) < 4.78 is 6.15. The molecule has 2 aromatic carbocycles. The van der Waals surface area contributed by atoms with Gasteiger partial charge in [-0.3, -0.25) is 19.2 Å². The van der Waals surface area contributed by atoms with Gasteiger partial charge in [-0.1, -0.05) is 17.3 Å². The summed E-state index contributed by atoms with van der Waals surface area (Å²) in [5, 5.41) is 10.9. The Bertz CT molecular complexity index is 1220. The van der Waals surface area contributed by atoms with Crippen LogP contribution in [0.4, 0.5) is 5.69 Å². The van der Waals surface area contributed by atoms with E-state index >= 15 is 0 Å². The van der Waals surface area contributed by atoms with Crippen molar-refractivity contribution in [2.24, 2.45) is 0 Å². The lowest BCUT2D eigenvalue weighted by Crippen LogP contribution is -2.26. The largest absolute Gasteiger partial charge is 0.457 e. The highest BCUT2D eigenvalue weighted by molar-refractivity contribution is 6.00. The molecule has 9 heteroatoms. The minimum atomic E-state index is -0.615. The van der Waals surface area contributed by atoms with E-state index in [9.17, 15) is 19.2 Å². The zero-order valence-corrected chi connectivity index (χ0v) is 16.0. The number of anilines is 1. The first-order valence-electron chi connectivity index (χ1n) is 9.45. The van der Waals surface area contributed by atoms with Crippen LogP contribution in [0.1, 0.15) is 28.8 Å². The van der Waals surface area contributed by atoms with E-state index in [2.05, 4.69) is 15.6 Å². The van der Waals surface area contributed by atoms with Crippen LogP contribution in [-0.4, -0.2) is 39.3 Å². The van der Waals surface area contributed by atoms with Gasteiger partial charge in [0.2, 0.25) is 5.91 Å². The van der Waals surface area contributed by atoms with E-state index in [0.29, 0.717) is 35.0 Å². The predicted molar refractivity (Wildman–Crippen MR) is 107 cm³/mol. The van der Waals surface area contributed by atoms with Gasteiger partial charge in [-0.05, 0) is 42.3 Å². The second-order valence-electron chi connectivity index (χ2n) is 6.89. The Kier molecular flexibility index (Phi) is 5.34. The maximum atomic E-state index is 12.4. The molecule has 0 unspecified atom stereocenters. The molecule has 1 N–H and O–H groups in total. The minimum absolute atomic E-state index is 0.00222. The summed E-state index contributed by atoms with van der Waals surface area (Å²) in [6, 6.07) is 11.8. The number of Topliss-reactive ketones (excluding diaryl/α,β-unsaturated/α-hetero) is 1. The fourth-order valence-electron chi connectivity index (χ4n) is 3.23. The summed E-state index contributed by atoms with van der Waals surface area (Å²) in [5.41, 5.74) is 2.12. The summed E-state index contributed by atoms with van der Waals surface area (Å²) in [6.45, 7) is -0.398. The Hall–Kier alpha value is -3.88. The van der Waals surface area contributed by atoms with Gasteiger partial charge in [0.1, 0.15) is 5.52 Å². The zero-order valence-electron chi connectivity index (χ0n) is 16.0. The van der Waals surface area contributed by atoms with Crippen molar-refractivity contribution in [1.29, 1.82) is 0 Å². The predicted octanol–water partition coefficient (Wildman–Crippen LogP) is 1.49. The number of aryl methyl sites for hydroxylation is 2. The molecule has 1 aromatic heterocycles. The molecule has 0 saturated carbocycles. The van der Waals surface area contributed by atoms with Gasteiger partial charge in [-0.25, -0.2) is 4.68 Å². The van der Waals surface area contributed by atoms with E-state index in [1.165, 1.54) is 0 Å². The standard InChI is InChI=1S/C21H18N4O5/c26-18(14-5-7-16-13(11-14)6-8-19(27)22-16)12-30-20(28)9-10-25-21(29)15-3-1-2-4-17(15)23-24-25/h1-5,7,11H,6,8-10,12H2,(H,22,27). The van der Waals surface area contributed by atoms with Crippen LogP contribution >= 0.6 is 0 Å². The van der Waals surface area contributed by atoms with Gasteiger partial charge >= 0.3 is 5.97 Å². The second kappa shape index (κ2) is 8.24. The molecule has 3 aromatic rings. The monoisotopic (exact) mass is 406 g/mol. The van der Waals surface area contributed by atoms with Gasteiger partial charge in [-0.2, -0.15) is 0 Å². The van der Waals surface area contributed by atoms with Crippen molar-refractivity contribution >= 4 is 34.3 Å². The first kappa shape index (κ1) is 19.4. The first-order valence-corrected chi connectivity index (χ1v) is 9.45. The van der Waals surface area contributed by atoms with Gasteiger partial charge in [0.25, 0.3) is 5.56 Å². The number of carbonyl (C=O) groups is 3. The van der Waals surface area contributed by atoms with Crippen molar-refractivity contribution in [1.82, 2.24) is 15.0 Å². The number of nitrogens with zero attached hydrogens (tertiary/aromatic N) is 3. The van der Waals surface area contributed by atoms with E-state index < -0.39 is 12.6 Å². The molecule has 2 heterocycles. The van der Waals surface area contributed by atoms with Gasteiger partial charge in [-0.15, -0.1) is 5.10 Å². The van der Waals surface area contributed by atoms with E-state index in [1.807, 2.05) is 0 Å². The topological polar surface area (TPSA) is 120 Å². The van der Waals surface area contributed by atoms with Crippen molar-refractivity contribution in [3.8, 4) is 0 Å². The SMILES string of the molecule is O=C1CCc2cc(C(=O)COC(=O)CCn3nnc4ccccc4c3=O)ccc2N1. The minimum Gasteiger partial charge on any atom is -0.457 e. The highest BCUT2D eigenvalue weighted by Crippen LogP contribution is 2.23. The normalized spacial score (nSPS) is 12.9. The molecule has 1 amide bonds. The Morgan fingerprint density at radius 2 is 1.93 bits per heavy atom. The van der Waals surface area contributed by atoms with Crippen LogP contribution in [0.3, 0.4) is 0 Å². The van der Waals surface area contributed by atoms with Crippen LogP contribution in [0.2, 0.25) is 0 Å². The number of aromatic nitrogens is 3. The molecule has 30 heavy (non-hydrogen) atoms. The quantitative estimate of drug-likeness (QED) is 0.486. The Morgan fingerprint density at radius 3 is 2.80 bits per heavy atom. The number of esters is 1. The van der Waals surface area contributed by atoms with Crippen LogP contribution in [-0.2, 0) is 27.3 Å². The van der Waals surface area contributed by atoms with Gasteiger partial charge in [0.15, 0.2) is 12.4 Å². The van der Waals surface area contributed by atoms with Crippen LogP contribution in [0.25, 0.3) is 10.9 Å². The summed E-state index contributed by atoms with van der Waals surface area (Å²) in [4.78, 5) is 48.1. The first-order chi connectivity index (χ1) is 14.5. The average Bonchev–Trinajstić information content (AvgIpc) is 2.76. The van der Waals surface area contributed by atoms with E-state index in [0.717, 1.165) is 10.2 Å². The molecule has 0 bridgehead atoms. The summed E-state index contributed by atoms with van der Waals surface area (Å²) in [6.07, 6.45) is 0.816. The third-order valence-electron chi connectivity index (χ3n) is 4.84. The second-order valence-corrected chi connectivity index (χ2v) is 6.89. The lowest BCUT2D eigenvalue weighted by atomic mass is 9.99. The number of hydrogen-bond donors (Lipinski definition) is 1. The van der Waals surface area contributed by atoms with Gasteiger partial charge < -0.3 is 10.1 Å². The smallest absolute Gasteiger partial charge is 0.308 e. The summed E-state index contributed by atoms with van der Waals surface area (Å²) in [5.74, 6) is -1.01. The number of ether oxygens (including phenoxy) is 1. The van der Waals surface area contributed by atoms with Gasteiger partial charge in [0, 0.05) is 17.7 Å². The van der Waals surface area contributed by atoms with Crippen molar-refractivity contribution in [2.45, 2.75) is 25.8 Å². The number of ketones is 1. The molecule has 0 radical (unpaired) electrons. The van der Waals surface area contributed by atoms with E-state index in [-0.39, 0.29) is 30.2 Å². The third kappa shape index (κ3) is 4.09. The highest BCUT2D eigenvalue weighted by atomic mass is 16.5. The number of amides is 1. The molecule has 1 aliphatic heterocycles. The molecular weight excluding hydrogens is 388 g/mol. The van der Waals surface area contributed by atoms with E-state index in [4.69, 9.17) is 4.74 Å². The summed E-state index contributed by atoms with van der Waals surface area (Å²) in [7, 11) is 0. The van der Waals surface area contributed by atoms with Crippen molar-refractivity contribution in [3.05, 3.63) is 63.9 Å². The van der Waals surface area contributed by atoms with Gasteiger partial charge in [0.05, 0.1) is 18.4 Å². The molecule has 0 fully saturated rings. The molecule has 152 valence electrons. The lowest BCUT2D eigenvalue weighted by molar-refractivity contribution is -0.142. The zero-order chi connectivity index (χ0) is 21.1. The molecule has 0 spiro atoms. The molecule has 0 atom stereocenters. The van der Waals surface area contributed by atoms with Crippen LogP contribution in [0.15, 0.2) is 47.3 Å². The third-order valence-corrected chi connectivity index (χ3v) is 4.84. The Balaban J connectivity index is 1.33. The number of hydrogen-bond acceptors (Lipinski definition) is 7. The van der Waals surface area contributed by atoms with Crippen LogP contribution < -0.4 is 10.9 Å². The number of rotatable bonds is 6. The van der Waals surface area contributed by atoms with Crippen molar-refractivity contribution in [2.75, 3.05) is 11.9 Å². The molecule has 0 aliphatic carbocycles. The number of nitrogens with one attached hydrogen (secondary N) is 1. The Morgan fingerprint density at radius 1 is 1.10 bits per heavy atom. The van der Waals surface area contributed by atoms with Crippen LogP contribution in [0.5, 0.6) is 0 Å². The fraction of sp³-hybridized carbons (Fsp3) is 0.238. The van der Waals surface area contributed by atoms with Crippen molar-refractivity contribution < 1.29 is 19.1 Å². The molecule has 9 nitrogen and oxygen atoms in total. The van der Waals surface area contributed by atoms with Crippen molar-refractivity contribution in [3.63, 3.8) is 0 Å². The van der Waals surface area contributed by atoms with E-state index in [1.54, 1.807) is 42.5 Å². The van der Waals surface area contributed by atoms with Crippen LogP contribution in [0, 0.1) is 0 Å². The number of carbonyl (C=O) groups excluding carboxylic acids is 3. The maximum Gasteiger partial charge on any atom is 0.308 e.